The number of fused-ring (bicyclic) bond motifs is 1. The maximum Gasteiger partial charge on any atom is 0.339 e. The second kappa shape index (κ2) is 6.99. The Kier molecular flexibility index (Phi) is 4.50. The summed E-state index contributed by atoms with van der Waals surface area (Å²) in [5, 5.41) is 24.0. The van der Waals surface area contributed by atoms with Gasteiger partial charge in [-0.25, -0.2) is 9.78 Å². The summed E-state index contributed by atoms with van der Waals surface area (Å²) < 4.78 is 5.35. The zero-order valence-corrected chi connectivity index (χ0v) is 15.5. The Hall–Kier alpha value is -3.36. The smallest absolute Gasteiger partial charge is 0.339 e. The number of nitrogens with zero attached hydrogens (tertiary/aromatic N) is 1. The summed E-state index contributed by atoms with van der Waals surface area (Å²) in [7, 11) is 0. The van der Waals surface area contributed by atoms with Crippen LogP contribution in [0.5, 0.6) is 5.75 Å². The summed E-state index contributed by atoms with van der Waals surface area (Å²) in [5.41, 5.74) is 1.15. The lowest BCUT2D eigenvalue weighted by atomic mass is 10.1. The van der Waals surface area contributed by atoms with Crippen molar-refractivity contribution in [3.05, 3.63) is 64.3 Å². The number of halogens is 1. The fourth-order valence-electron chi connectivity index (χ4n) is 2.68. The molecule has 0 fully saturated rings. The molecule has 0 radical (unpaired) electrons. The number of amides is 1. The van der Waals surface area contributed by atoms with Crippen LogP contribution in [0.15, 0.2) is 52.3 Å². The van der Waals surface area contributed by atoms with Gasteiger partial charge < -0.3 is 19.9 Å². The number of hydrogen-bond acceptors (Lipinski definition) is 6. The molecule has 7 nitrogen and oxygen atoms in total. The van der Waals surface area contributed by atoms with E-state index in [1.54, 1.807) is 36.4 Å². The lowest BCUT2D eigenvalue weighted by Crippen LogP contribution is -2.14. The maximum absolute atomic E-state index is 12.5. The third-order valence-electron chi connectivity index (χ3n) is 3.95. The number of para-hydroxylation sites is 1. The molecule has 140 valence electrons. The molecule has 2 aromatic heterocycles. The van der Waals surface area contributed by atoms with Crippen molar-refractivity contribution in [1.29, 1.82) is 0 Å². The Morgan fingerprint density at radius 1 is 1.14 bits per heavy atom. The van der Waals surface area contributed by atoms with Crippen molar-refractivity contribution in [1.82, 2.24) is 4.98 Å². The van der Waals surface area contributed by atoms with Crippen molar-refractivity contribution in [2.75, 3.05) is 5.32 Å². The standard InChI is InChI=1S/C19H11ClN2O5S/c20-10-6-4-9(5-7-10)16-14(19(25)26)11(8-28-16)21-17(24)18-22-15-12(23)2-1-3-13(15)27-18/h1-8,23H,(H,21,24)(H,25,26). The monoisotopic (exact) mass is 414 g/mol. The number of anilines is 1. The average Bonchev–Trinajstić information content (AvgIpc) is 3.27. The van der Waals surface area contributed by atoms with Crippen LogP contribution in [0.1, 0.15) is 21.0 Å². The van der Waals surface area contributed by atoms with Crippen LogP contribution in [-0.4, -0.2) is 27.1 Å². The minimum Gasteiger partial charge on any atom is -0.506 e. The molecule has 0 unspecified atom stereocenters. The topological polar surface area (TPSA) is 113 Å². The molecule has 3 N–H and O–H groups in total. The number of aromatic nitrogens is 1. The molecule has 0 bridgehead atoms. The van der Waals surface area contributed by atoms with E-state index in [4.69, 9.17) is 16.0 Å². The predicted octanol–water partition coefficient (Wildman–Crippen LogP) is 4.87. The van der Waals surface area contributed by atoms with Gasteiger partial charge in [-0.15, -0.1) is 11.3 Å². The lowest BCUT2D eigenvalue weighted by molar-refractivity contribution is 0.0699. The number of carbonyl (C=O) groups is 2. The Morgan fingerprint density at radius 2 is 1.89 bits per heavy atom. The quantitative estimate of drug-likeness (QED) is 0.439. The number of oxazole rings is 1. The third kappa shape index (κ3) is 3.19. The molecule has 0 spiro atoms. The van der Waals surface area contributed by atoms with Crippen molar-refractivity contribution in [3.8, 4) is 16.2 Å². The first kappa shape index (κ1) is 18.0. The molecule has 1 amide bonds. The fraction of sp³-hybridized carbons (Fsp3) is 0. The number of carboxylic acid groups (broad SMARTS) is 1. The first-order chi connectivity index (χ1) is 13.4. The second-order valence-corrected chi connectivity index (χ2v) is 7.08. The minimum absolute atomic E-state index is 0.0420. The normalized spacial score (nSPS) is 10.9. The summed E-state index contributed by atoms with van der Waals surface area (Å²) in [4.78, 5) is 28.8. The second-order valence-electron chi connectivity index (χ2n) is 5.76. The van der Waals surface area contributed by atoms with Gasteiger partial charge in [0.15, 0.2) is 11.1 Å². The molecule has 2 heterocycles. The van der Waals surface area contributed by atoms with E-state index >= 15 is 0 Å². The molecule has 0 aliphatic carbocycles. The van der Waals surface area contributed by atoms with E-state index in [0.717, 1.165) is 0 Å². The fourth-order valence-corrected chi connectivity index (χ4v) is 3.81. The SMILES string of the molecule is O=C(Nc1csc(-c2ccc(Cl)cc2)c1C(=O)O)c1nc2c(O)cccc2o1. The summed E-state index contributed by atoms with van der Waals surface area (Å²) >= 11 is 7.06. The van der Waals surface area contributed by atoms with Gasteiger partial charge in [0.1, 0.15) is 11.3 Å². The Morgan fingerprint density at radius 3 is 2.57 bits per heavy atom. The number of aromatic hydroxyl groups is 1. The maximum atomic E-state index is 12.5. The van der Waals surface area contributed by atoms with Crippen molar-refractivity contribution in [3.63, 3.8) is 0 Å². The van der Waals surface area contributed by atoms with Crippen LogP contribution in [0, 0.1) is 0 Å². The van der Waals surface area contributed by atoms with Gasteiger partial charge in [-0.3, -0.25) is 4.79 Å². The van der Waals surface area contributed by atoms with E-state index in [1.807, 2.05) is 0 Å². The number of nitrogens with one attached hydrogen (secondary N) is 1. The number of phenolic OH excluding ortho intramolecular Hbond substituents is 1. The highest BCUT2D eigenvalue weighted by Gasteiger charge is 2.23. The molecule has 28 heavy (non-hydrogen) atoms. The predicted molar refractivity (Wildman–Crippen MR) is 105 cm³/mol. The highest BCUT2D eigenvalue weighted by molar-refractivity contribution is 7.14. The third-order valence-corrected chi connectivity index (χ3v) is 5.23. The summed E-state index contributed by atoms with van der Waals surface area (Å²) in [6, 6.07) is 11.3. The first-order valence-corrected chi connectivity index (χ1v) is 9.20. The van der Waals surface area contributed by atoms with E-state index in [-0.39, 0.29) is 34.0 Å². The van der Waals surface area contributed by atoms with Gasteiger partial charge in [0, 0.05) is 10.4 Å². The van der Waals surface area contributed by atoms with Crippen LogP contribution in [0.25, 0.3) is 21.5 Å². The summed E-state index contributed by atoms with van der Waals surface area (Å²) in [6.45, 7) is 0. The number of hydrogen-bond donors (Lipinski definition) is 3. The minimum atomic E-state index is -1.18. The number of aromatic carboxylic acids is 1. The van der Waals surface area contributed by atoms with E-state index in [0.29, 0.717) is 15.5 Å². The molecule has 4 rings (SSSR count). The van der Waals surface area contributed by atoms with E-state index in [2.05, 4.69) is 10.3 Å². The molecular formula is C19H11ClN2O5S. The van der Waals surface area contributed by atoms with Gasteiger partial charge in [-0.2, -0.15) is 0 Å². The number of phenols is 1. The van der Waals surface area contributed by atoms with E-state index < -0.39 is 11.9 Å². The number of thiophene rings is 1. The van der Waals surface area contributed by atoms with Crippen molar-refractivity contribution in [2.45, 2.75) is 0 Å². The molecule has 0 saturated carbocycles. The average molecular weight is 415 g/mol. The molecule has 4 aromatic rings. The molecule has 9 heteroatoms. The van der Waals surface area contributed by atoms with Gasteiger partial charge in [0.2, 0.25) is 0 Å². The number of benzene rings is 2. The van der Waals surface area contributed by atoms with Gasteiger partial charge in [0.05, 0.1) is 10.6 Å². The summed E-state index contributed by atoms with van der Waals surface area (Å²) in [5.74, 6) is -2.31. The molecule has 0 aliphatic heterocycles. The van der Waals surface area contributed by atoms with E-state index in [9.17, 15) is 19.8 Å². The van der Waals surface area contributed by atoms with Crippen LogP contribution in [0.4, 0.5) is 5.69 Å². The molecule has 2 aromatic carbocycles. The number of rotatable bonds is 4. The first-order valence-electron chi connectivity index (χ1n) is 7.94. The van der Waals surface area contributed by atoms with Crippen LogP contribution in [0.3, 0.4) is 0 Å². The van der Waals surface area contributed by atoms with Crippen LogP contribution < -0.4 is 5.32 Å². The Balaban J connectivity index is 1.69. The number of carbonyl (C=O) groups excluding carboxylic acids is 1. The largest absolute Gasteiger partial charge is 0.506 e. The Bertz CT molecular complexity index is 1210. The number of carboxylic acids is 1. The van der Waals surface area contributed by atoms with Gasteiger partial charge >= 0.3 is 11.9 Å². The van der Waals surface area contributed by atoms with E-state index in [1.165, 1.54) is 22.8 Å². The van der Waals surface area contributed by atoms with Crippen LogP contribution >= 0.6 is 22.9 Å². The van der Waals surface area contributed by atoms with Gasteiger partial charge in [0.25, 0.3) is 5.89 Å². The highest BCUT2D eigenvalue weighted by atomic mass is 35.5. The van der Waals surface area contributed by atoms with Gasteiger partial charge in [-0.05, 0) is 29.8 Å². The van der Waals surface area contributed by atoms with Crippen molar-refractivity contribution >= 4 is 51.6 Å². The Labute approximate surface area is 166 Å². The highest BCUT2D eigenvalue weighted by Crippen LogP contribution is 2.37. The summed E-state index contributed by atoms with van der Waals surface area (Å²) in [6.07, 6.45) is 0. The molecule has 0 aliphatic rings. The molecular weight excluding hydrogens is 404 g/mol. The van der Waals surface area contributed by atoms with Crippen LogP contribution in [0.2, 0.25) is 5.02 Å². The van der Waals surface area contributed by atoms with Crippen molar-refractivity contribution < 1.29 is 24.2 Å². The zero-order chi connectivity index (χ0) is 19.8. The molecule has 0 atom stereocenters. The van der Waals surface area contributed by atoms with Crippen molar-refractivity contribution in [2.24, 2.45) is 0 Å². The van der Waals surface area contributed by atoms with Gasteiger partial charge in [-0.1, -0.05) is 29.8 Å². The van der Waals surface area contributed by atoms with Crippen LogP contribution in [-0.2, 0) is 0 Å². The zero-order valence-electron chi connectivity index (χ0n) is 14.0. The lowest BCUT2D eigenvalue weighted by Gasteiger charge is -2.04. The molecule has 0 saturated heterocycles.